The second-order valence-electron chi connectivity index (χ2n) is 7.85. The third-order valence-electron chi connectivity index (χ3n) is 5.57. The van der Waals surface area contributed by atoms with E-state index in [2.05, 4.69) is 15.2 Å². The molecule has 2 aromatic carbocycles. The number of amides is 1. The van der Waals surface area contributed by atoms with E-state index in [-0.39, 0.29) is 10.8 Å². The van der Waals surface area contributed by atoms with Crippen LogP contribution in [-0.4, -0.2) is 50.8 Å². The van der Waals surface area contributed by atoms with Gasteiger partial charge in [-0.05, 0) is 49.6 Å². The number of nitrogens with zero attached hydrogens (tertiary/aromatic N) is 3. The Balaban J connectivity index is 1.77. The Bertz CT molecular complexity index is 1210. The van der Waals surface area contributed by atoms with Crippen LogP contribution >= 0.6 is 0 Å². The van der Waals surface area contributed by atoms with E-state index in [1.165, 1.54) is 20.2 Å². The van der Waals surface area contributed by atoms with Crippen molar-refractivity contribution in [2.24, 2.45) is 0 Å². The minimum Gasteiger partial charge on any atom is -0.371 e. The van der Waals surface area contributed by atoms with Gasteiger partial charge in [-0.25, -0.2) is 12.7 Å². The molecule has 3 aromatic rings. The van der Waals surface area contributed by atoms with Gasteiger partial charge in [-0.2, -0.15) is 0 Å². The van der Waals surface area contributed by atoms with Gasteiger partial charge in [0, 0.05) is 44.5 Å². The zero-order valence-corrected chi connectivity index (χ0v) is 18.5. The molecule has 0 aliphatic carbocycles. The van der Waals surface area contributed by atoms with Crippen molar-refractivity contribution in [3.05, 3.63) is 60.3 Å². The molecule has 0 spiro atoms. The quantitative estimate of drug-likeness (QED) is 0.656. The van der Waals surface area contributed by atoms with E-state index in [9.17, 15) is 13.2 Å². The Morgan fingerprint density at radius 1 is 1.03 bits per heavy atom. The van der Waals surface area contributed by atoms with E-state index in [1.807, 2.05) is 24.3 Å². The summed E-state index contributed by atoms with van der Waals surface area (Å²) < 4.78 is 26.5. The predicted octanol–water partition coefficient (Wildman–Crippen LogP) is 3.73. The monoisotopic (exact) mass is 438 g/mol. The molecular weight excluding hydrogens is 412 g/mol. The van der Waals surface area contributed by atoms with Gasteiger partial charge in [0.1, 0.15) is 0 Å². The number of aromatic nitrogens is 1. The van der Waals surface area contributed by atoms with Crippen LogP contribution in [0.3, 0.4) is 0 Å². The first-order valence-electron chi connectivity index (χ1n) is 10.3. The standard InChI is InChI=1S/C23H26N4O3S/c1-26(2)31(29,30)18-11-12-21(27-14-4-3-5-15-27)19(16-18)23(28)25-20-10-6-8-17-9-7-13-24-22(17)20/h6-13,16H,3-5,14-15H2,1-2H3,(H,25,28). The lowest BCUT2D eigenvalue weighted by Crippen LogP contribution is -2.32. The van der Waals surface area contributed by atoms with Gasteiger partial charge in [0.05, 0.1) is 21.7 Å². The maximum Gasteiger partial charge on any atom is 0.257 e. The number of benzene rings is 2. The van der Waals surface area contributed by atoms with Crippen LogP contribution in [-0.2, 0) is 10.0 Å². The van der Waals surface area contributed by atoms with Gasteiger partial charge < -0.3 is 10.2 Å². The molecule has 1 aromatic heterocycles. The first-order chi connectivity index (χ1) is 14.9. The molecule has 4 rings (SSSR count). The number of fused-ring (bicyclic) bond motifs is 1. The number of carbonyl (C=O) groups is 1. The summed E-state index contributed by atoms with van der Waals surface area (Å²) in [4.78, 5) is 20.0. The van der Waals surface area contributed by atoms with Gasteiger partial charge in [-0.3, -0.25) is 9.78 Å². The number of piperidine rings is 1. The average Bonchev–Trinajstić information content (AvgIpc) is 2.79. The molecule has 0 radical (unpaired) electrons. The van der Waals surface area contributed by atoms with Crippen molar-refractivity contribution in [2.75, 3.05) is 37.4 Å². The normalized spacial score (nSPS) is 14.7. The molecule has 1 N–H and O–H groups in total. The van der Waals surface area contributed by atoms with Gasteiger partial charge in [0.2, 0.25) is 10.0 Å². The Hall–Kier alpha value is -2.97. The molecule has 0 atom stereocenters. The molecular formula is C23H26N4O3S. The molecule has 1 aliphatic rings. The van der Waals surface area contributed by atoms with E-state index >= 15 is 0 Å². The zero-order chi connectivity index (χ0) is 22.0. The Morgan fingerprint density at radius 2 is 1.77 bits per heavy atom. The van der Waals surface area contributed by atoms with Crippen molar-refractivity contribution in [1.29, 1.82) is 0 Å². The Kier molecular flexibility index (Phi) is 5.93. The van der Waals surface area contributed by atoms with Crippen LogP contribution in [0.15, 0.2) is 59.6 Å². The van der Waals surface area contributed by atoms with Crippen LogP contribution in [0, 0.1) is 0 Å². The highest BCUT2D eigenvalue weighted by Gasteiger charge is 2.24. The van der Waals surface area contributed by atoms with E-state index < -0.39 is 10.0 Å². The van der Waals surface area contributed by atoms with Crippen molar-refractivity contribution in [3.8, 4) is 0 Å². The number of rotatable bonds is 5. The maximum atomic E-state index is 13.4. The largest absolute Gasteiger partial charge is 0.371 e. The minimum absolute atomic E-state index is 0.0967. The van der Waals surface area contributed by atoms with Crippen molar-refractivity contribution in [2.45, 2.75) is 24.2 Å². The number of hydrogen-bond donors (Lipinski definition) is 1. The maximum absolute atomic E-state index is 13.4. The average molecular weight is 439 g/mol. The summed E-state index contributed by atoms with van der Waals surface area (Å²) in [6, 6.07) is 14.2. The smallest absolute Gasteiger partial charge is 0.257 e. The molecule has 162 valence electrons. The molecule has 0 bridgehead atoms. The topological polar surface area (TPSA) is 82.6 Å². The second kappa shape index (κ2) is 8.64. The lowest BCUT2D eigenvalue weighted by Gasteiger charge is -2.30. The van der Waals surface area contributed by atoms with Crippen LogP contribution in [0.1, 0.15) is 29.6 Å². The molecule has 2 heterocycles. The molecule has 31 heavy (non-hydrogen) atoms. The predicted molar refractivity (Wildman–Crippen MR) is 123 cm³/mol. The fraction of sp³-hybridized carbons (Fsp3) is 0.304. The van der Waals surface area contributed by atoms with Gasteiger partial charge >= 0.3 is 0 Å². The van der Waals surface area contributed by atoms with Crippen molar-refractivity contribution in [1.82, 2.24) is 9.29 Å². The fourth-order valence-electron chi connectivity index (χ4n) is 3.87. The van der Waals surface area contributed by atoms with Gasteiger partial charge in [-0.1, -0.05) is 18.2 Å². The van der Waals surface area contributed by atoms with Crippen LogP contribution in [0.5, 0.6) is 0 Å². The Morgan fingerprint density at radius 3 is 2.52 bits per heavy atom. The number of sulfonamides is 1. The number of hydrogen-bond acceptors (Lipinski definition) is 5. The molecule has 1 fully saturated rings. The highest BCUT2D eigenvalue weighted by atomic mass is 32.2. The van der Waals surface area contributed by atoms with Crippen LogP contribution in [0.25, 0.3) is 10.9 Å². The third kappa shape index (κ3) is 4.26. The van der Waals surface area contributed by atoms with Crippen molar-refractivity contribution in [3.63, 3.8) is 0 Å². The van der Waals surface area contributed by atoms with Crippen LogP contribution in [0.4, 0.5) is 11.4 Å². The summed E-state index contributed by atoms with van der Waals surface area (Å²) >= 11 is 0. The summed E-state index contributed by atoms with van der Waals surface area (Å²) in [7, 11) is -0.702. The molecule has 1 saturated heterocycles. The van der Waals surface area contributed by atoms with E-state index in [1.54, 1.807) is 24.4 Å². The number of anilines is 2. The van der Waals surface area contributed by atoms with E-state index in [0.29, 0.717) is 16.8 Å². The van der Waals surface area contributed by atoms with E-state index in [4.69, 9.17) is 0 Å². The fourth-order valence-corrected chi connectivity index (χ4v) is 4.80. The summed E-state index contributed by atoms with van der Waals surface area (Å²) in [6.07, 6.45) is 4.94. The molecule has 7 nitrogen and oxygen atoms in total. The molecule has 8 heteroatoms. The number of carbonyl (C=O) groups excluding carboxylic acids is 1. The SMILES string of the molecule is CN(C)S(=O)(=O)c1ccc(N2CCCCC2)c(C(=O)Nc2cccc3cccnc23)c1. The third-order valence-corrected chi connectivity index (χ3v) is 7.38. The Labute approximate surface area is 182 Å². The first kappa shape index (κ1) is 21.3. The summed E-state index contributed by atoms with van der Waals surface area (Å²) in [5.74, 6) is -0.352. The molecule has 1 aliphatic heterocycles. The molecule has 0 saturated carbocycles. The first-order valence-corrected chi connectivity index (χ1v) is 11.8. The molecule has 0 unspecified atom stereocenters. The van der Waals surface area contributed by atoms with Gasteiger partial charge in [0.25, 0.3) is 5.91 Å². The summed E-state index contributed by atoms with van der Waals surface area (Å²) in [6.45, 7) is 1.69. The van der Waals surface area contributed by atoms with E-state index in [0.717, 1.165) is 47.7 Å². The summed E-state index contributed by atoms with van der Waals surface area (Å²) in [5, 5.41) is 3.87. The zero-order valence-electron chi connectivity index (χ0n) is 17.7. The van der Waals surface area contributed by atoms with Crippen molar-refractivity contribution < 1.29 is 13.2 Å². The number of nitrogens with one attached hydrogen (secondary N) is 1. The number of pyridine rings is 1. The van der Waals surface area contributed by atoms with Crippen LogP contribution < -0.4 is 10.2 Å². The minimum atomic E-state index is -3.67. The summed E-state index contributed by atoms with van der Waals surface area (Å²) in [5.41, 5.74) is 2.38. The van der Waals surface area contributed by atoms with Crippen molar-refractivity contribution >= 4 is 38.2 Å². The molecule has 1 amide bonds. The highest BCUT2D eigenvalue weighted by Crippen LogP contribution is 2.29. The van der Waals surface area contributed by atoms with Gasteiger partial charge in [-0.15, -0.1) is 0 Å². The van der Waals surface area contributed by atoms with Gasteiger partial charge in [0.15, 0.2) is 0 Å². The second-order valence-corrected chi connectivity index (χ2v) is 10.0. The van der Waals surface area contributed by atoms with Crippen LogP contribution in [0.2, 0.25) is 0 Å². The highest BCUT2D eigenvalue weighted by molar-refractivity contribution is 7.89. The lowest BCUT2D eigenvalue weighted by atomic mass is 10.1. The number of para-hydroxylation sites is 1. The lowest BCUT2D eigenvalue weighted by molar-refractivity contribution is 0.102.